The Bertz CT molecular complexity index is 484. The maximum atomic E-state index is 13.0. The Morgan fingerprint density at radius 2 is 1.95 bits per heavy atom. The number of hydrogen-bond donors (Lipinski definition) is 1. The summed E-state index contributed by atoms with van der Waals surface area (Å²) in [4.78, 5) is 14.5. The second-order valence-electron chi connectivity index (χ2n) is 6.34. The van der Waals surface area contributed by atoms with Crippen LogP contribution in [0.2, 0.25) is 0 Å². The summed E-state index contributed by atoms with van der Waals surface area (Å²) in [5, 5.41) is 3.39. The molecule has 1 amide bonds. The normalized spacial score (nSPS) is 20.5. The fourth-order valence-corrected chi connectivity index (χ4v) is 2.95. The van der Waals surface area contributed by atoms with Gasteiger partial charge in [-0.3, -0.25) is 4.79 Å². The van der Waals surface area contributed by atoms with Gasteiger partial charge in [0.25, 0.3) is 0 Å². The van der Waals surface area contributed by atoms with E-state index in [9.17, 15) is 9.18 Å². The lowest BCUT2D eigenvalue weighted by Gasteiger charge is -2.24. The maximum Gasteiger partial charge on any atom is 0.224 e. The number of hydrogen-bond acceptors (Lipinski definition) is 2. The molecular formula is C17H24ClFN2O. The summed E-state index contributed by atoms with van der Waals surface area (Å²) in [6.07, 6.45) is 5.32. The van der Waals surface area contributed by atoms with Crippen LogP contribution in [-0.2, 0) is 11.3 Å². The molecule has 1 aliphatic carbocycles. The van der Waals surface area contributed by atoms with Crippen LogP contribution in [0.5, 0.6) is 0 Å². The van der Waals surface area contributed by atoms with E-state index in [1.165, 1.54) is 31.4 Å². The minimum Gasteiger partial charge on any atom is -0.338 e. The molecule has 0 bridgehead atoms. The number of halogens is 2. The lowest BCUT2D eigenvalue weighted by Crippen LogP contribution is -2.36. The van der Waals surface area contributed by atoms with Gasteiger partial charge in [0, 0.05) is 25.6 Å². The predicted octanol–water partition coefficient (Wildman–Crippen LogP) is 3.13. The van der Waals surface area contributed by atoms with Crippen molar-refractivity contribution in [2.75, 3.05) is 13.1 Å². The zero-order valence-electron chi connectivity index (χ0n) is 12.8. The van der Waals surface area contributed by atoms with E-state index in [4.69, 9.17) is 0 Å². The molecule has 1 aliphatic heterocycles. The molecule has 1 atom stereocenters. The number of rotatable bonds is 6. The van der Waals surface area contributed by atoms with Crippen LogP contribution in [0.25, 0.3) is 0 Å². The number of amides is 1. The van der Waals surface area contributed by atoms with Gasteiger partial charge in [-0.1, -0.05) is 12.1 Å². The third-order valence-corrected chi connectivity index (χ3v) is 4.40. The monoisotopic (exact) mass is 326 g/mol. The second kappa shape index (κ2) is 7.93. The molecule has 5 heteroatoms. The highest BCUT2D eigenvalue weighted by atomic mass is 35.5. The summed E-state index contributed by atoms with van der Waals surface area (Å²) in [5.74, 6) is 0.672. The zero-order chi connectivity index (χ0) is 14.7. The molecule has 2 aliphatic rings. The molecule has 0 spiro atoms. The van der Waals surface area contributed by atoms with Gasteiger partial charge in [0.15, 0.2) is 0 Å². The van der Waals surface area contributed by atoms with Gasteiger partial charge in [0.2, 0.25) is 5.91 Å². The summed E-state index contributed by atoms with van der Waals surface area (Å²) >= 11 is 0. The SMILES string of the molecule is Cl.O=C(CC1CCCN1)N(Cc1ccc(F)cc1)CC1CC1. The number of carbonyl (C=O) groups excluding carboxylic acids is 1. The second-order valence-corrected chi connectivity index (χ2v) is 6.34. The number of carbonyl (C=O) groups is 1. The molecule has 1 unspecified atom stereocenters. The number of nitrogens with one attached hydrogen (secondary N) is 1. The van der Waals surface area contributed by atoms with Crippen molar-refractivity contribution in [3.8, 4) is 0 Å². The highest BCUT2D eigenvalue weighted by molar-refractivity contribution is 5.85. The molecule has 0 aromatic heterocycles. The molecule has 1 saturated heterocycles. The van der Waals surface area contributed by atoms with Crippen LogP contribution < -0.4 is 5.32 Å². The first kappa shape index (κ1) is 17.2. The fraction of sp³-hybridized carbons (Fsp3) is 0.588. The molecule has 2 fully saturated rings. The first-order chi connectivity index (χ1) is 10.2. The average molecular weight is 327 g/mol. The molecule has 1 heterocycles. The standard InChI is InChI=1S/C17H23FN2O.ClH/c18-15-7-5-14(6-8-15)12-20(11-13-3-4-13)17(21)10-16-2-1-9-19-16;/h5-8,13,16,19H,1-4,9-12H2;1H. The minimum atomic E-state index is -0.228. The van der Waals surface area contributed by atoms with E-state index >= 15 is 0 Å². The van der Waals surface area contributed by atoms with Gasteiger partial charge >= 0.3 is 0 Å². The van der Waals surface area contributed by atoms with E-state index < -0.39 is 0 Å². The molecule has 22 heavy (non-hydrogen) atoms. The first-order valence-electron chi connectivity index (χ1n) is 7.96. The van der Waals surface area contributed by atoms with Crippen molar-refractivity contribution < 1.29 is 9.18 Å². The van der Waals surface area contributed by atoms with Crippen LogP contribution in [0.1, 0.15) is 37.7 Å². The van der Waals surface area contributed by atoms with Crippen molar-refractivity contribution in [1.82, 2.24) is 10.2 Å². The predicted molar refractivity (Wildman–Crippen MR) is 87.4 cm³/mol. The molecule has 1 aromatic carbocycles. The van der Waals surface area contributed by atoms with Gasteiger partial charge in [-0.25, -0.2) is 4.39 Å². The third-order valence-electron chi connectivity index (χ3n) is 4.40. The molecule has 1 N–H and O–H groups in total. The Kier molecular flexibility index (Phi) is 6.21. The molecule has 3 nitrogen and oxygen atoms in total. The Labute approximate surface area is 137 Å². The summed E-state index contributed by atoms with van der Waals surface area (Å²) in [7, 11) is 0. The molecule has 1 saturated carbocycles. The van der Waals surface area contributed by atoms with Crippen LogP contribution in [0, 0.1) is 11.7 Å². The maximum absolute atomic E-state index is 13.0. The van der Waals surface area contributed by atoms with E-state index in [1.54, 1.807) is 12.1 Å². The quantitative estimate of drug-likeness (QED) is 0.871. The highest BCUT2D eigenvalue weighted by Crippen LogP contribution is 2.30. The smallest absolute Gasteiger partial charge is 0.224 e. The van der Waals surface area contributed by atoms with Crippen LogP contribution >= 0.6 is 12.4 Å². The minimum absolute atomic E-state index is 0. The summed E-state index contributed by atoms with van der Waals surface area (Å²) in [6.45, 7) is 2.48. The largest absolute Gasteiger partial charge is 0.338 e. The van der Waals surface area contributed by atoms with Gasteiger partial charge in [-0.2, -0.15) is 0 Å². The van der Waals surface area contributed by atoms with E-state index in [1.807, 2.05) is 4.90 Å². The van der Waals surface area contributed by atoms with E-state index in [-0.39, 0.29) is 24.1 Å². The Hall–Kier alpha value is -1.13. The van der Waals surface area contributed by atoms with Crippen LogP contribution in [0.4, 0.5) is 4.39 Å². The first-order valence-corrected chi connectivity index (χ1v) is 7.96. The molecule has 0 radical (unpaired) electrons. The van der Waals surface area contributed by atoms with E-state index in [0.29, 0.717) is 24.9 Å². The van der Waals surface area contributed by atoms with Gasteiger partial charge < -0.3 is 10.2 Å². The van der Waals surface area contributed by atoms with E-state index in [0.717, 1.165) is 25.1 Å². The van der Waals surface area contributed by atoms with Gasteiger partial charge in [0.1, 0.15) is 5.82 Å². The molecule has 122 valence electrons. The van der Waals surface area contributed by atoms with Crippen molar-refractivity contribution in [2.45, 2.75) is 44.7 Å². The van der Waals surface area contributed by atoms with Gasteiger partial charge in [-0.15, -0.1) is 12.4 Å². The van der Waals surface area contributed by atoms with Crippen molar-refractivity contribution in [3.63, 3.8) is 0 Å². The summed E-state index contributed by atoms with van der Waals surface area (Å²) < 4.78 is 13.0. The molecular weight excluding hydrogens is 303 g/mol. The average Bonchev–Trinajstić information content (AvgIpc) is 3.15. The van der Waals surface area contributed by atoms with Crippen LogP contribution in [0.3, 0.4) is 0 Å². The van der Waals surface area contributed by atoms with Crippen LogP contribution in [-0.4, -0.2) is 29.9 Å². The number of nitrogens with zero attached hydrogens (tertiary/aromatic N) is 1. The molecule has 3 rings (SSSR count). The topological polar surface area (TPSA) is 32.3 Å². The Balaban J connectivity index is 0.00000176. The van der Waals surface area contributed by atoms with Crippen molar-refractivity contribution in [3.05, 3.63) is 35.6 Å². The lowest BCUT2D eigenvalue weighted by molar-refractivity contribution is -0.132. The number of benzene rings is 1. The van der Waals surface area contributed by atoms with Gasteiger partial charge in [-0.05, 0) is 55.8 Å². The van der Waals surface area contributed by atoms with Crippen molar-refractivity contribution >= 4 is 18.3 Å². The Morgan fingerprint density at radius 3 is 2.55 bits per heavy atom. The zero-order valence-corrected chi connectivity index (χ0v) is 13.6. The lowest BCUT2D eigenvalue weighted by atomic mass is 10.1. The van der Waals surface area contributed by atoms with E-state index in [2.05, 4.69) is 5.32 Å². The highest BCUT2D eigenvalue weighted by Gasteiger charge is 2.28. The third kappa shape index (κ3) is 4.96. The van der Waals surface area contributed by atoms with Crippen molar-refractivity contribution in [1.29, 1.82) is 0 Å². The summed E-state index contributed by atoms with van der Waals surface area (Å²) in [5.41, 5.74) is 1.00. The molecule has 1 aromatic rings. The summed E-state index contributed by atoms with van der Waals surface area (Å²) in [6, 6.07) is 6.82. The fourth-order valence-electron chi connectivity index (χ4n) is 2.95. The van der Waals surface area contributed by atoms with Crippen LogP contribution in [0.15, 0.2) is 24.3 Å². The van der Waals surface area contributed by atoms with Gasteiger partial charge in [0.05, 0.1) is 0 Å². The Morgan fingerprint density at radius 1 is 1.23 bits per heavy atom. The van der Waals surface area contributed by atoms with Crippen molar-refractivity contribution in [2.24, 2.45) is 5.92 Å².